The molecule has 0 aliphatic carbocycles. The fourth-order valence-electron chi connectivity index (χ4n) is 10.8. The number of rotatable bonds is 57. The predicted molar refractivity (Wildman–Crippen MR) is 306 cm³/mol. The molecule has 0 aromatic rings. The lowest BCUT2D eigenvalue weighted by Crippen LogP contribution is -2.61. The second-order valence-electron chi connectivity index (χ2n) is 22.7. The van der Waals surface area contributed by atoms with Gasteiger partial charge < -0.3 is 35.2 Å². The molecular weight excluding hydrogens is 955 g/mol. The second-order valence-corrected chi connectivity index (χ2v) is 23.8. The van der Waals surface area contributed by atoms with Crippen LogP contribution in [0.4, 0.5) is 0 Å². The number of hydrogen-bond donors (Lipinski definition) is 6. The maximum Gasteiger partial charge on any atom is 0.397 e. The number of nitrogens with one attached hydrogen (secondary N) is 1. The number of carbonyl (C=O) groups excluding carboxylic acids is 1. The Morgan fingerprint density at radius 1 is 0.486 bits per heavy atom. The van der Waals surface area contributed by atoms with Crippen molar-refractivity contribution in [3.05, 3.63) is 0 Å². The molecule has 7 unspecified atom stereocenters. The van der Waals surface area contributed by atoms with Crippen LogP contribution in [0.1, 0.15) is 328 Å². The highest BCUT2D eigenvalue weighted by atomic mass is 32.3. The minimum absolute atomic E-state index is 0.220. The van der Waals surface area contributed by atoms with Gasteiger partial charge in [-0.2, -0.15) is 8.42 Å². The Balaban J connectivity index is 2.29. The van der Waals surface area contributed by atoms with Gasteiger partial charge in [-0.05, 0) is 12.8 Å². The summed E-state index contributed by atoms with van der Waals surface area (Å²) in [5.41, 5.74) is 0. The van der Waals surface area contributed by atoms with Gasteiger partial charge in [0.1, 0.15) is 24.4 Å². The smallest absolute Gasteiger partial charge is 0.394 e. The largest absolute Gasteiger partial charge is 0.397 e. The Morgan fingerprint density at radius 2 is 0.784 bits per heavy atom. The van der Waals surface area contributed by atoms with E-state index in [9.17, 15) is 38.2 Å². The molecule has 74 heavy (non-hydrogen) atoms. The second kappa shape index (κ2) is 51.5. The van der Waals surface area contributed by atoms with E-state index in [2.05, 4.69) is 23.3 Å². The molecule has 0 aromatic carbocycles. The molecular formula is C61H121NO11S. The van der Waals surface area contributed by atoms with Crippen molar-refractivity contribution in [3.63, 3.8) is 0 Å². The maximum atomic E-state index is 13.2. The third kappa shape index (κ3) is 43.0. The SMILES string of the molecule is CCCCCCCCCCCCCCCCCCCCCCCCCCC(O)C(COC1OC(CO)C(O)C(OS(=O)(=O)O)C1O)NC(=O)CCCCCCCCCCCCCCCCCCCCCCCCC. The lowest BCUT2D eigenvalue weighted by atomic mass is 9.99. The average molecular weight is 1080 g/mol. The molecule has 12 nitrogen and oxygen atoms in total. The van der Waals surface area contributed by atoms with Gasteiger partial charge in [-0.1, -0.05) is 309 Å². The topological polar surface area (TPSA) is 192 Å². The van der Waals surface area contributed by atoms with Gasteiger partial charge >= 0.3 is 10.4 Å². The maximum absolute atomic E-state index is 13.2. The van der Waals surface area contributed by atoms with Crippen LogP contribution in [0.3, 0.4) is 0 Å². The van der Waals surface area contributed by atoms with Gasteiger partial charge in [0.25, 0.3) is 0 Å². The fraction of sp³-hybridized carbons (Fsp3) is 0.984. The van der Waals surface area contributed by atoms with E-state index in [4.69, 9.17) is 9.47 Å². The van der Waals surface area contributed by atoms with Crippen LogP contribution in [0, 0.1) is 0 Å². The lowest BCUT2D eigenvalue weighted by Gasteiger charge is -2.41. The van der Waals surface area contributed by atoms with E-state index in [1.165, 1.54) is 250 Å². The first-order valence-corrected chi connectivity index (χ1v) is 33.3. The molecule has 1 aliphatic rings. The van der Waals surface area contributed by atoms with Gasteiger partial charge in [0.15, 0.2) is 6.29 Å². The first-order chi connectivity index (χ1) is 36.0. The summed E-state index contributed by atoms with van der Waals surface area (Å²) in [5, 5.41) is 45.2. The Kier molecular flexibility index (Phi) is 49.5. The summed E-state index contributed by atoms with van der Waals surface area (Å²) < 4.78 is 48.0. The quantitative estimate of drug-likeness (QED) is 0.0251. The van der Waals surface area contributed by atoms with E-state index < -0.39 is 59.9 Å². The van der Waals surface area contributed by atoms with Crippen LogP contribution in [-0.2, 0) is 28.9 Å². The third-order valence-electron chi connectivity index (χ3n) is 15.7. The van der Waals surface area contributed by atoms with E-state index in [-0.39, 0.29) is 12.5 Å². The molecule has 6 N–H and O–H groups in total. The molecule has 7 atom stereocenters. The zero-order valence-corrected chi connectivity index (χ0v) is 49.0. The van der Waals surface area contributed by atoms with Crippen LogP contribution in [-0.4, -0.2) is 95.4 Å². The van der Waals surface area contributed by atoms with Gasteiger partial charge in [-0.15, -0.1) is 0 Å². The monoisotopic (exact) mass is 1080 g/mol. The van der Waals surface area contributed by atoms with Crippen LogP contribution < -0.4 is 5.32 Å². The van der Waals surface area contributed by atoms with Crippen molar-refractivity contribution in [1.82, 2.24) is 5.32 Å². The lowest BCUT2D eigenvalue weighted by molar-refractivity contribution is -0.298. The summed E-state index contributed by atoms with van der Waals surface area (Å²) in [7, 11) is -5.08. The highest BCUT2D eigenvalue weighted by molar-refractivity contribution is 7.80. The van der Waals surface area contributed by atoms with Crippen LogP contribution in [0.5, 0.6) is 0 Å². The van der Waals surface area contributed by atoms with Crippen molar-refractivity contribution in [2.45, 2.75) is 371 Å². The van der Waals surface area contributed by atoms with Gasteiger partial charge in [-0.3, -0.25) is 9.35 Å². The van der Waals surface area contributed by atoms with Crippen LogP contribution in [0.2, 0.25) is 0 Å². The Labute approximate surface area is 456 Å². The van der Waals surface area contributed by atoms with E-state index in [0.29, 0.717) is 12.8 Å². The Hall–Kier alpha value is -0.900. The van der Waals surface area contributed by atoms with Crippen molar-refractivity contribution in [2.24, 2.45) is 0 Å². The molecule has 1 aliphatic heterocycles. The van der Waals surface area contributed by atoms with Crippen LogP contribution in [0.25, 0.3) is 0 Å². The van der Waals surface area contributed by atoms with Crippen LogP contribution >= 0.6 is 0 Å². The van der Waals surface area contributed by atoms with Crippen molar-refractivity contribution in [2.75, 3.05) is 13.2 Å². The number of hydrogen-bond acceptors (Lipinski definition) is 10. The highest BCUT2D eigenvalue weighted by Crippen LogP contribution is 2.26. The van der Waals surface area contributed by atoms with E-state index in [0.717, 1.165) is 51.4 Å². The number of aliphatic hydroxyl groups is 4. The molecule has 1 rings (SSSR count). The normalized spacial score (nSPS) is 19.0. The van der Waals surface area contributed by atoms with Gasteiger partial charge in [-0.25, -0.2) is 4.18 Å². The van der Waals surface area contributed by atoms with E-state index >= 15 is 0 Å². The predicted octanol–water partition coefficient (Wildman–Crippen LogP) is 15.6. The van der Waals surface area contributed by atoms with Gasteiger partial charge in [0.2, 0.25) is 5.91 Å². The third-order valence-corrected chi connectivity index (χ3v) is 16.1. The Morgan fingerprint density at radius 3 is 1.08 bits per heavy atom. The average Bonchev–Trinajstić information content (AvgIpc) is 3.38. The molecule has 1 amide bonds. The number of amides is 1. The zero-order valence-electron chi connectivity index (χ0n) is 48.2. The molecule has 1 saturated heterocycles. The summed E-state index contributed by atoms with van der Waals surface area (Å²) >= 11 is 0. The first-order valence-electron chi connectivity index (χ1n) is 31.9. The van der Waals surface area contributed by atoms with Crippen molar-refractivity contribution in [3.8, 4) is 0 Å². The number of carbonyl (C=O) groups is 1. The number of unbranched alkanes of at least 4 members (excludes halogenated alkanes) is 45. The highest BCUT2D eigenvalue weighted by Gasteiger charge is 2.48. The van der Waals surface area contributed by atoms with Crippen molar-refractivity contribution in [1.29, 1.82) is 0 Å². The summed E-state index contributed by atoms with van der Waals surface area (Å²) in [6.07, 6.45) is 52.6. The molecule has 13 heteroatoms. The summed E-state index contributed by atoms with van der Waals surface area (Å²) in [6, 6.07) is -0.854. The molecule has 1 fully saturated rings. The number of ether oxygens (including phenoxy) is 2. The van der Waals surface area contributed by atoms with Crippen molar-refractivity contribution < 1.29 is 51.8 Å². The molecule has 0 aromatic heterocycles. The van der Waals surface area contributed by atoms with Gasteiger partial charge in [0, 0.05) is 6.42 Å². The Bertz CT molecular complexity index is 1310. The molecule has 0 radical (unpaired) electrons. The first kappa shape index (κ1) is 71.1. The van der Waals surface area contributed by atoms with Crippen molar-refractivity contribution >= 4 is 16.3 Å². The molecule has 442 valence electrons. The summed E-state index contributed by atoms with van der Waals surface area (Å²) in [5.74, 6) is -0.220. The molecule has 0 spiro atoms. The molecule has 1 heterocycles. The summed E-state index contributed by atoms with van der Waals surface area (Å²) in [6.45, 7) is 3.52. The van der Waals surface area contributed by atoms with Crippen LogP contribution in [0.15, 0.2) is 0 Å². The van der Waals surface area contributed by atoms with E-state index in [1.54, 1.807) is 0 Å². The standard InChI is InChI=1S/C61H121NO11S/c1-3-5-7-9-11-13-15-17-19-21-23-25-27-29-30-32-34-36-38-40-42-44-46-48-50-55(64)54(53-71-61-59(67)60(73-74(68,69)70)58(66)56(52-63)72-61)62-57(65)51-49-47-45-43-41-39-37-35-33-31-28-26-24-22-20-18-16-14-12-10-8-6-4-2/h54-56,58-61,63-64,66-67H,3-53H2,1-2H3,(H,62,65)(H,68,69,70). The van der Waals surface area contributed by atoms with Gasteiger partial charge in [0.05, 0.1) is 25.4 Å². The number of aliphatic hydroxyl groups excluding tert-OH is 4. The minimum atomic E-state index is -5.08. The molecule has 0 saturated carbocycles. The summed E-state index contributed by atoms with van der Waals surface area (Å²) in [4.78, 5) is 13.2. The van der Waals surface area contributed by atoms with E-state index in [1.807, 2.05) is 0 Å². The molecule has 0 bridgehead atoms. The zero-order chi connectivity index (χ0) is 54.0. The fourth-order valence-corrected chi connectivity index (χ4v) is 11.3. The minimum Gasteiger partial charge on any atom is -0.394 e.